The summed E-state index contributed by atoms with van der Waals surface area (Å²) in [5.74, 6) is -5.03. The maximum atomic E-state index is 14.6. The second-order valence-corrected chi connectivity index (χ2v) is 7.58. The molecule has 174 valence electrons. The van der Waals surface area contributed by atoms with E-state index in [1.165, 1.54) is 0 Å². The van der Waals surface area contributed by atoms with Gasteiger partial charge in [-0.3, -0.25) is 14.6 Å². The highest BCUT2D eigenvalue weighted by molar-refractivity contribution is 8.00. The standard InChI is InChI=1S/C19H15ClF6N2O3S/c1-27(17(29)16-12(21)3-2-4-13(16)22)18(30)28(10-31-8-7-20)15-6-5-11(9-14(15)23)32-19(24,25)26/h2-6,9H,7-8,10H2,1H3. The minimum Gasteiger partial charge on any atom is -0.359 e. The summed E-state index contributed by atoms with van der Waals surface area (Å²) >= 11 is 4.93. The minimum atomic E-state index is -4.66. The van der Waals surface area contributed by atoms with E-state index in [2.05, 4.69) is 0 Å². The Kier molecular flexibility index (Phi) is 8.81. The molecule has 0 atom stereocenters. The average Bonchev–Trinajstić information content (AvgIpc) is 2.69. The van der Waals surface area contributed by atoms with E-state index in [0.717, 1.165) is 37.4 Å². The van der Waals surface area contributed by atoms with Crippen LogP contribution in [0.5, 0.6) is 0 Å². The number of amides is 3. The van der Waals surface area contributed by atoms with Crippen molar-refractivity contribution in [1.29, 1.82) is 0 Å². The lowest BCUT2D eigenvalue weighted by atomic mass is 10.1. The monoisotopic (exact) mass is 500 g/mol. The Hall–Kier alpha value is -2.44. The van der Waals surface area contributed by atoms with Gasteiger partial charge in [0.2, 0.25) is 0 Å². The highest BCUT2D eigenvalue weighted by atomic mass is 35.5. The van der Waals surface area contributed by atoms with Crippen molar-refractivity contribution < 1.29 is 40.7 Å². The molecule has 0 aromatic heterocycles. The lowest BCUT2D eigenvalue weighted by molar-refractivity contribution is -0.0328. The number of alkyl halides is 4. The van der Waals surface area contributed by atoms with Gasteiger partial charge >= 0.3 is 11.5 Å². The van der Waals surface area contributed by atoms with E-state index in [-0.39, 0.29) is 12.5 Å². The molecule has 0 spiro atoms. The van der Waals surface area contributed by atoms with Crippen LogP contribution in [0.1, 0.15) is 10.4 Å². The van der Waals surface area contributed by atoms with Crippen LogP contribution >= 0.6 is 23.4 Å². The summed E-state index contributed by atoms with van der Waals surface area (Å²) in [6.07, 6.45) is 0. The molecule has 5 nitrogen and oxygen atoms in total. The van der Waals surface area contributed by atoms with Crippen molar-refractivity contribution in [2.45, 2.75) is 10.4 Å². The number of anilines is 1. The molecule has 2 aromatic rings. The molecule has 0 aliphatic heterocycles. The van der Waals surface area contributed by atoms with E-state index < -0.39 is 69.5 Å². The first-order valence-electron chi connectivity index (χ1n) is 8.68. The Labute approximate surface area is 187 Å². The van der Waals surface area contributed by atoms with Gasteiger partial charge in [-0.25, -0.2) is 18.0 Å². The molecular formula is C19H15ClF6N2O3S. The third kappa shape index (κ3) is 6.53. The zero-order chi connectivity index (χ0) is 24.1. The Morgan fingerprint density at radius 2 is 1.69 bits per heavy atom. The van der Waals surface area contributed by atoms with Gasteiger partial charge in [0.25, 0.3) is 5.91 Å². The van der Waals surface area contributed by atoms with Gasteiger partial charge in [-0.05, 0) is 42.1 Å². The first kappa shape index (κ1) is 25.8. The smallest absolute Gasteiger partial charge is 0.359 e. The van der Waals surface area contributed by atoms with Crippen LogP contribution in [0, 0.1) is 17.5 Å². The third-order valence-electron chi connectivity index (χ3n) is 3.88. The molecule has 0 unspecified atom stereocenters. The van der Waals surface area contributed by atoms with Gasteiger partial charge < -0.3 is 4.74 Å². The van der Waals surface area contributed by atoms with Crippen LogP contribution in [-0.4, -0.2) is 48.6 Å². The highest BCUT2D eigenvalue weighted by Crippen LogP contribution is 2.38. The Bertz CT molecular complexity index is 972. The van der Waals surface area contributed by atoms with Gasteiger partial charge in [-0.2, -0.15) is 13.2 Å². The number of hydrogen-bond acceptors (Lipinski definition) is 4. The van der Waals surface area contributed by atoms with Gasteiger partial charge in [-0.1, -0.05) is 6.07 Å². The number of hydrogen-bond donors (Lipinski definition) is 0. The Morgan fingerprint density at radius 1 is 1.06 bits per heavy atom. The van der Waals surface area contributed by atoms with Crippen LogP contribution in [0.4, 0.5) is 36.8 Å². The summed E-state index contributed by atoms with van der Waals surface area (Å²) in [4.78, 5) is 25.8. The van der Waals surface area contributed by atoms with E-state index in [4.69, 9.17) is 16.3 Å². The van der Waals surface area contributed by atoms with Crippen LogP contribution in [0.2, 0.25) is 0 Å². The summed E-state index contributed by atoms with van der Waals surface area (Å²) in [6.45, 7) is -0.736. The predicted molar refractivity (Wildman–Crippen MR) is 106 cm³/mol. The second-order valence-electron chi connectivity index (χ2n) is 6.06. The number of ether oxygens (including phenoxy) is 1. The summed E-state index contributed by atoms with van der Waals surface area (Å²) in [6, 6.07) is 3.74. The molecule has 0 N–H and O–H groups in total. The average molecular weight is 501 g/mol. The van der Waals surface area contributed by atoms with Crippen LogP contribution in [-0.2, 0) is 4.74 Å². The normalized spacial score (nSPS) is 11.4. The molecule has 32 heavy (non-hydrogen) atoms. The van der Waals surface area contributed by atoms with E-state index in [9.17, 15) is 35.9 Å². The number of halogens is 7. The van der Waals surface area contributed by atoms with Crippen LogP contribution in [0.3, 0.4) is 0 Å². The minimum absolute atomic E-state index is 0.000874. The molecule has 0 radical (unpaired) electrons. The first-order chi connectivity index (χ1) is 15.0. The predicted octanol–water partition coefficient (Wildman–Crippen LogP) is 5.63. The SMILES string of the molecule is CN(C(=O)c1c(F)cccc1F)C(=O)N(COCCCl)c1ccc(SC(F)(F)F)cc1F. The summed E-state index contributed by atoms with van der Waals surface area (Å²) in [7, 11) is 0.900. The molecule has 0 saturated heterocycles. The number of nitrogens with zero attached hydrogens (tertiary/aromatic N) is 2. The number of carbonyl (C=O) groups excluding carboxylic acids is 2. The number of benzene rings is 2. The van der Waals surface area contributed by atoms with Crippen molar-refractivity contribution in [3.63, 3.8) is 0 Å². The number of carbonyl (C=O) groups is 2. The maximum Gasteiger partial charge on any atom is 0.446 e. The Balaban J connectivity index is 2.37. The van der Waals surface area contributed by atoms with Crippen molar-refractivity contribution in [3.05, 3.63) is 59.4 Å². The molecule has 3 amide bonds. The zero-order valence-corrected chi connectivity index (χ0v) is 17.8. The molecule has 2 rings (SSSR count). The number of imide groups is 1. The lowest BCUT2D eigenvalue weighted by Crippen LogP contribution is -2.46. The van der Waals surface area contributed by atoms with Crippen LogP contribution < -0.4 is 4.90 Å². The fourth-order valence-corrected chi connectivity index (χ4v) is 3.15. The third-order valence-corrected chi connectivity index (χ3v) is 4.76. The number of rotatable bonds is 7. The van der Waals surface area contributed by atoms with Gasteiger partial charge in [0.1, 0.15) is 29.7 Å². The van der Waals surface area contributed by atoms with Gasteiger partial charge in [0.15, 0.2) is 0 Å². The second kappa shape index (κ2) is 10.9. The summed E-state index contributed by atoms with van der Waals surface area (Å²) in [5, 5.41) is 0. The molecule has 0 fully saturated rings. The largest absolute Gasteiger partial charge is 0.446 e. The Morgan fingerprint density at radius 3 is 2.22 bits per heavy atom. The summed E-state index contributed by atoms with van der Waals surface area (Å²) in [5.41, 5.74) is -6.20. The van der Waals surface area contributed by atoms with Gasteiger partial charge in [-0.15, -0.1) is 11.6 Å². The number of thioether (sulfide) groups is 1. The lowest BCUT2D eigenvalue weighted by Gasteiger charge is -2.27. The van der Waals surface area contributed by atoms with E-state index in [1.807, 2.05) is 0 Å². The fourth-order valence-electron chi connectivity index (χ4n) is 2.48. The van der Waals surface area contributed by atoms with E-state index in [0.29, 0.717) is 15.9 Å². The molecule has 0 saturated carbocycles. The van der Waals surface area contributed by atoms with E-state index in [1.54, 1.807) is 0 Å². The van der Waals surface area contributed by atoms with Crippen LogP contribution in [0.25, 0.3) is 0 Å². The molecule has 0 aliphatic carbocycles. The van der Waals surface area contributed by atoms with Crippen LogP contribution in [0.15, 0.2) is 41.3 Å². The fraction of sp³-hybridized carbons (Fsp3) is 0.263. The first-order valence-corrected chi connectivity index (χ1v) is 10.0. The molecule has 2 aromatic carbocycles. The molecule has 13 heteroatoms. The maximum absolute atomic E-state index is 14.6. The molecule has 0 bridgehead atoms. The van der Waals surface area contributed by atoms with Crippen molar-refractivity contribution in [2.75, 3.05) is 31.2 Å². The topological polar surface area (TPSA) is 49.9 Å². The van der Waals surface area contributed by atoms with Gasteiger partial charge in [0.05, 0.1) is 12.3 Å². The van der Waals surface area contributed by atoms with Crippen molar-refractivity contribution in [1.82, 2.24) is 4.90 Å². The van der Waals surface area contributed by atoms with Gasteiger partial charge in [0, 0.05) is 17.8 Å². The van der Waals surface area contributed by atoms with Crippen molar-refractivity contribution in [2.24, 2.45) is 0 Å². The van der Waals surface area contributed by atoms with Crippen molar-refractivity contribution in [3.8, 4) is 0 Å². The molecule has 0 heterocycles. The molecule has 0 aliphatic rings. The molecular weight excluding hydrogens is 486 g/mol. The summed E-state index contributed by atoms with van der Waals surface area (Å²) < 4.78 is 85.1. The quantitative estimate of drug-likeness (QED) is 0.163. The van der Waals surface area contributed by atoms with Crippen molar-refractivity contribution >= 4 is 41.0 Å². The van der Waals surface area contributed by atoms with E-state index >= 15 is 0 Å². The highest BCUT2D eigenvalue weighted by Gasteiger charge is 2.32. The zero-order valence-electron chi connectivity index (χ0n) is 16.3. The number of urea groups is 1.